The summed E-state index contributed by atoms with van der Waals surface area (Å²) in [5, 5.41) is 30.3. The van der Waals surface area contributed by atoms with Gasteiger partial charge in [-0.3, -0.25) is 33.6 Å². The Balaban J connectivity index is 0.000000132. The molecule has 0 radical (unpaired) electrons. The van der Waals surface area contributed by atoms with Gasteiger partial charge in [-0.1, -0.05) is 109 Å². The van der Waals surface area contributed by atoms with E-state index in [9.17, 15) is 48.9 Å². The van der Waals surface area contributed by atoms with Crippen LogP contribution in [0.5, 0.6) is 0 Å². The van der Waals surface area contributed by atoms with Gasteiger partial charge in [-0.05, 0) is 496 Å². The Morgan fingerprint density at radius 1 is 0.298 bits per heavy atom. The zero-order chi connectivity index (χ0) is 92.9. The molecule has 0 aromatic heterocycles. The highest BCUT2D eigenvalue weighted by atomic mass is 35.5. The molecule has 19 fully saturated rings. The SMILES string of the molecule is CC(=O)[C@H]1CCC2C3CC=C4C[C@@H](O)CC[C@]4(C)C3CC[C@@]21C.CC(=O)[C@H]1CCC2C3CC[C@H]4C[C@@H](O)CC[C@]4(C)C3CC[C@@]21C.CC(=O)[C@H]1CCC2C3CC[C@H]4C[C@@H](OC(=O)[C@@H](N)C(C)C)CC[C@]4(C)C3CC[C@@]21C.CC(=O)[C@H]1CCC2C3CC[C@H]4C[C@H](O)CC[C@]4(C)C3CC[C@@]21C.CC(=O)[C@H]1CCC2C3CC[C@H]4C[C@H](OC(=O)[C@@H](N)C(C)C)CC[C@]4(C)C3CC[C@@]21C.Cl.Cl. The molecular weight excluding hydrogens is 1670 g/mol. The number of rotatable bonds is 11. The first-order valence-electron chi connectivity index (χ1n) is 54.9. The van der Waals surface area contributed by atoms with Crippen LogP contribution in [-0.4, -0.2) is 98.8 Å². The smallest absolute Gasteiger partial charge is 0.323 e. The number of Topliss-reactive ketones (excluding diaryl/α,β-unsaturated/α-hetero) is 5. The molecule has 0 aliphatic heterocycles. The molecule has 41 atom stereocenters. The van der Waals surface area contributed by atoms with Crippen molar-refractivity contribution in [3.63, 3.8) is 0 Å². The highest BCUT2D eigenvalue weighted by Crippen LogP contribution is 2.74. The van der Waals surface area contributed by atoms with E-state index in [-0.39, 0.29) is 118 Å². The third kappa shape index (κ3) is 18.2. The van der Waals surface area contributed by atoms with Crippen molar-refractivity contribution in [2.75, 3.05) is 0 Å². The summed E-state index contributed by atoms with van der Waals surface area (Å²) in [6.07, 6.45) is 54.4. The fourth-order valence-electron chi connectivity index (χ4n) is 40.1. The Kier molecular flexibility index (Phi) is 31.3. The first-order valence-corrected chi connectivity index (χ1v) is 54.9. The number of esters is 2. The average molecular weight is 1860 g/mol. The summed E-state index contributed by atoms with van der Waals surface area (Å²) in [4.78, 5) is 85.9. The zero-order valence-corrected chi connectivity index (χ0v) is 87.4. The lowest BCUT2D eigenvalue weighted by Crippen LogP contribution is -2.54. The number of carbonyl (C=O) groups excluding carboxylic acids is 7. The van der Waals surface area contributed by atoms with E-state index in [1.165, 1.54) is 167 Å². The number of carbonyl (C=O) groups is 7. The van der Waals surface area contributed by atoms with Gasteiger partial charge in [0.2, 0.25) is 0 Å². The van der Waals surface area contributed by atoms with E-state index in [1.807, 2.05) is 62.3 Å². The molecule has 16 heteroatoms. The molecule has 0 amide bonds. The maximum absolute atomic E-state index is 12.4. The molecule has 20 aliphatic rings. The Bertz CT molecular complexity index is 3920. The second-order valence-electron chi connectivity index (χ2n) is 53.3. The van der Waals surface area contributed by atoms with Crippen LogP contribution in [0.25, 0.3) is 0 Å². The van der Waals surface area contributed by atoms with E-state index >= 15 is 0 Å². The lowest BCUT2D eigenvalue weighted by Gasteiger charge is -2.61. The van der Waals surface area contributed by atoms with Crippen molar-refractivity contribution in [1.29, 1.82) is 0 Å². The molecule has 0 saturated heterocycles. The Morgan fingerprint density at radius 2 is 0.542 bits per heavy atom. The maximum atomic E-state index is 12.4. The minimum atomic E-state index is -0.512. The van der Waals surface area contributed by atoms with Crippen LogP contribution in [0.1, 0.15) is 414 Å². The third-order valence-corrected chi connectivity index (χ3v) is 47.6. The number of aliphatic hydroxyl groups is 3. The van der Waals surface area contributed by atoms with E-state index < -0.39 is 12.1 Å². The number of ketones is 5. The van der Waals surface area contributed by atoms with Crippen molar-refractivity contribution < 1.29 is 58.4 Å². The Morgan fingerprint density at radius 3 is 0.824 bits per heavy atom. The molecule has 131 heavy (non-hydrogen) atoms. The van der Waals surface area contributed by atoms with Crippen LogP contribution in [0.3, 0.4) is 0 Å². The van der Waals surface area contributed by atoms with Crippen molar-refractivity contribution in [1.82, 2.24) is 0 Å². The van der Waals surface area contributed by atoms with Gasteiger partial charge in [-0.25, -0.2) is 0 Å². The summed E-state index contributed by atoms with van der Waals surface area (Å²) >= 11 is 0. The van der Waals surface area contributed by atoms with Crippen LogP contribution < -0.4 is 11.5 Å². The van der Waals surface area contributed by atoms with Gasteiger partial charge < -0.3 is 36.3 Å². The molecule has 0 heterocycles. The summed E-state index contributed by atoms with van der Waals surface area (Å²) < 4.78 is 11.7. The number of fused-ring (bicyclic) bond motifs is 25. The van der Waals surface area contributed by atoms with Gasteiger partial charge in [0.25, 0.3) is 0 Å². The number of hydrogen-bond acceptors (Lipinski definition) is 14. The predicted octanol–water partition coefficient (Wildman–Crippen LogP) is 24.8. The highest BCUT2D eigenvalue weighted by molar-refractivity contribution is 5.86. The number of hydrogen-bond donors (Lipinski definition) is 5. The molecule has 7 N–H and O–H groups in total. The van der Waals surface area contributed by atoms with E-state index in [0.717, 1.165) is 216 Å². The number of nitrogens with two attached hydrogens (primary N) is 2. The molecular formula is C115H188Cl2N2O12. The van der Waals surface area contributed by atoms with Gasteiger partial charge in [-0.15, -0.1) is 24.8 Å². The van der Waals surface area contributed by atoms with E-state index in [0.29, 0.717) is 85.6 Å². The number of ether oxygens (including phenoxy) is 2. The maximum Gasteiger partial charge on any atom is 0.323 e. The van der Waals surface area contributed by atoms with Gasteiger partial charge in [0.05, 0.1) is 18.3 Å². The van der Waals surface area contributed by atoms with Crippen molar-refractivity contribution in [2.24, 2.45) is 219 Å². The normalized spacial score (nSPS) is 50.0. The van der Waals surface area contributed by atoms with Crippen molar-refractivity contribution in [3.8, 4) is 0 Å². The van der Waals surface area contributed by atoms with Crippen molar-refractivity contribution in [2.45, 2.75) is 457 Å². The fraction of sp³-hybridized carbons (Fsp3) is 0.922. The molecule has 0 spiro atoms. The number of allylic oxidation sites excluding steroid dienone is 1. The number of halogens is 2. The summed E-state index contributed by atoms with van der Waals surface area (Å²) in [6.45, 7) is 41.8. The van der Waals surface area contributed by atoms with E-state index in [2.05, 4.69) is 75.3 Å². The van der Waals surface area contributed by atoms with Gasteiger partial charge in [0.1, 0.15) is 53.2 Å². The Labute approximate surface area is 806 Å². The molecule has 0 aromatic rings. The lowest BCUT2D eigenvalue weighted by atomic mass is 9.44. The zero-order valence-electron chi connectivity index (χ0n) is 85.7. The van der Waals surface area contributed by atoms with E-state index in [4.69, 9.17) is 20.9 Å². The van der Waals surface area contributed by atoms with Crippen LogP contribution >= 0.6 is 24.8 Å². The van der Waals surface area contributed by atoms with Crippen molar-refractivity contribution >= 4 is 65.7 Å². The van der Waals surface area contributed by atoms with Gasteiger partial charge >= 0.3 is 11.9 Å². The fourth-order valence-corrected chi connectivity index (χ4v) is 40.1. The topological polar surface area (TPSA) is 251 Å². The second-order valence-corrected chi connectivity index (χ2v) is 53.3. The summed E-state index contributed by atoms with van der Waals surface area (Å²) in [6, 6.07) is -1.02. The second kappa shape index (κ2) is 39.4. The van der Waals surface area contributed by atoms with Gasteiger partial charge in [-0.2, -0.15) is 0 Å². The van der Waals surface area contributed by atoms with Crippen molar-refractivity contribution in [3.05, 3.63) is 11.6 Å². The minimum absolute atomic E-state index is 0. The van der Waals surface area contributed by atoms with Crippen LogP contribution in [0.15, 0.2) is 11.6 Å². The molecule has 19 saturated carbocycles. The molecule has 20 rings (SSSR count). The number of aliphatic hydroxyl groups excluding tert-OH is 3. The molecule has 0 aromatic carbocycles. The molecule has 744 valence electrons. The highest BCUT2D eigenvalue weighted by Gasteiger charge is 2.68. The molecule has 14 nitrogen and oxygen atoms in total. The lowest BCUT2D eigenvalue weighted by molar-refractivity contribution is -0.165. The first kappa shape index (κ1) is 104. The van der Waals surface area contributed by atoms with Gasteiger partial charge in [0, 0.05) is 29.6 Å². The quantitative estimate of drug-likeness (QED) is 0.0953. The summed E-state index contributed by atoms with van der Waals surface area (Å²) in [5.41, 5.74) is 16.8. The largest absolute Gasteiger partial charge is 0.461 e. The third-order valence-electron chi connectivity index (χ3n) is 47.6. The average Bonchev–Trinajstić information content (AvgIpc) is 1.64. The molecule has 15 unspecified atom stereocenters. The van der Waals surface area contributed by atoms with Crippen LogP contribution in [-0.2, 0) is 43.0 Å². The Hall–Kier alpha value is -2.59. The van der Waals surface area contributed by atoms with E-state index in [1.54, 1.807) is 5.57 Å². The van der Waals surface area contributed by atoms with Gasteiger partial charge in [0.15, 0.2) is 0 Å². The summed E-state index contributed by atoms with van der Waals surface area (Å²) in [7, 11) is 0. The molecule has 20 aliphatic carbocycles. The monoisotopic (exact) mass is 1860 g/mol. The predicted molar refractivity (Wildman–Crippen MR) is 527 cm³/mol. The standard InChI is InChI=1S/2C26H43NO3.2C21H34O2.C21H32O2.2ClH/c2*1-15(2)23(27)24(29)30-18-10-12-25(4)17(14-18)6-7-19-21-9-8-20(16(3)28)26(21,5)13-11-22(19)25;3*1-13(22)17-6-7-18-16-5-4-14-12-15(23)8-10-20(14,2)19(16)9-11-21(17,18)3;;/h2*15,17-23H,6-14,27H2,1-5H3;2*14-19,23H,4-12H2,1-3H3;4,15-19,23H,5-12H2,1-3H3;2*1H/t17-,18+,19?,20+,21?,22?,23-,25-,26+;17-,18-,19?,20+,21?,22?,23-,25-,26+;14-,15+,16?,17+,18?,19?,20-,21+;14-,15-,16?,17+,18?,19?,20-,21+;15-,16?,17+,18?,19?,20-,21+;;/m00000../s1. The minimum Gasteiger partial charge on any atom is -0.461 e. The molecule has 0 bridgehead atoms. The van der Waals surface area contributed by atoms with Crippen LogP contribution in [0, 0.1) is 208 Å². The van der Waals surface area contributed by atoms with Crippen LogP contribution in [0.4, 0.5) is 0 Å². The first-order chi connectivity index (χ1) is 60.7. The van der Waals surface area contributed by atoms with Crippen LogP contribution in [0.2, 0.25) is 0 Å². The summed E-state index contributed by atoms with van der Waals surface area (Å²) in [5.74, 6) is 18.0.